The molecule has 17 heavy (non-hydrogen) atoms. The van der Waals surface area contributed by atoms with Crippen LogP contribution < -0.4 is 5.73 Å². The summed E-state index contributed by atoms with van der Waals surface area (Å²) in [4.78, 5) is 0. The van der Waals surface area contributed by atoms with Crippen LogP contribution in [-0.4, -0.2) is 18.6 Å². The van der Waals surface area contributed by atoms with Gasteiger partial charge in [-0.1, -0.05) is 0 Å². The van der Waals surface area contributed by atoms with Gasteiger partial charge in [-0.25, -0.2) is 12.4 Å². The number of fused-ring (bicyclic) bond motifs is 1. The first-order chi connectivity index (χ1) is 7.43. The van der Waals surface area contributed by atoms with Crippen molar-refractivity contribution in [2.75, 3.05) is 12.0 Å². The third-order valence-electron chi connectivity index (χ3n) is 2.27. The molecule has 1 heterocycles. The molecule has 7 heteroatoms. The zero-order valence-electron chi connectivity index (χ0n) is 8.91. The molecule has 0 aliphatic rings. The molecule has 0 unspecified atom stereocenters. The van der Waals surface area contributed by atoms with Crippen LogP contribution in [0, 0.1) is 11.3 Å². The Hall–Kier alpha value is -1.71. The summed E-state index contributed by atoms with van der Waals surface area (Å²) in [6.45, 7) is 0. The van der Waals surface area contributed by atoms with Crippen LogP contribution in [0.4, 0.5) is 5.69 Å². The molecule has 0 saturated carbocycles. The minimum absolute atomic E-state index is 0. The van der Waals surface area contributed by atoms with Gasteiger partial charge in [0.15, 0.2) is 0 Å². The number of hydrogen-bond acceptors (Lipinski definition) is 4. The van der Waals surface area contributed by atoms with E-state index in [1.165, 1.54) is 12.3 Å². The second-order valence-electron chi connectivity index (χ2n) is 3.49. The van der Waals surface area contributed by atoms with Gasteiger partial charge in [0, 0.05) is 17.3 Å². The Morgan fingerprint density at radius 2 is 2.06 bits per heavy atom. The molecule has 0 spiro atoms. The maximum absolute atomic E-state index is 11.5. The summed E-state index contributed by atoms with van der Waals surface area (Å²) in [6, 6.07) is 6.77. The van der Waals surface area contributed by atoms with Crippen LogP contribution in [0.3, 0.4) is 0 Å². The van der Waals surface area contributed by atoms with Crippen molar-refractivity contribution in [2.24, 2.45) is 0 Å². The number of nitrogens with zero attached hydrogens (tertiary/aromatic N) is 2. The highest BCUT2D eigenvalue weighted by Gasteiger charge is 2.14. The summed E-state index contributed by atoms with van der Waals surface area (Å²) in [5, 5.41) is 9.48. The van der Waals surface area contributed by atoms with Gasteiger partial charge in [0.1, 0.15) is 6.07 Å². The van der Waals surface area contributed by atoms with Crippen molar-refractivity contribution >= 4 is 39.0 Å². The summed E-state index contributed by atoms with van der Waals surface area (Å²) in [5.74, 6) is 0. The Morgan fingerprint density at radius 1 is 1.41 bits per heavy atom. The number of halogens is 1. The largest absolute Gasteiger partial charge is 0.399 e. The Kier molecular flexibility index (Phi) is 3.36. The van der Waals surface area contributed by atoms with Crippen molar-refractivity contribution in [1.29, 1.82) is 5.26 Å². The molecule has 90 valence electrons. The lowest BCUT2D eigenvalue weighted by molar-refractivity contribution is 0.595. The molecule has 5 nitrogen and oxygen atoms in total. The Morgan fingerprint density at radius 3 is 2.59 bits per heavy atom. The molecule has 0 atom stereocenters. The summed E-state index contributed by atoms with van der Waals surface area (Å²) < 4.78 is 24.1. The number of hydrogen-bond donors (Lipinski definition) is 1. The highest BCUT2D eigenvalue weighted by Crippen LogP contribution is 2.24. The molecule has 0 radical (unpaired) electrons. The van der Waals surface area contributed by atoms with Crippen molar-refractivity contribution in [3.05, 3.63) is 30.0 Å². The van der Waals surface area contributed by atoms with Gasteiger partial charge in [-0.05, 0) is 18.2 Å². The van der Waals surface area contributed by atoms with Crippen LogP contribution >= 0.6 is 12.4 Å². The van der Waals surface area contributed by atoms with Crippen molar-refractivity contribution in [3.8, 4) is 6.07 Å². The third kappa shape index (κ3) is 2.20. The van der Waals surface area contributed by atoms with Gasteiger partial charge in [0.05, 0.1) is 17.3 Å². The lowest BCUT2D eigenvalue weighted by atomic mass is 10.2. The molecule has 2 N–H and O–H groups in total. The molecule has 1 aromatic heterocycles. The van der Waals surface area contributed by atoms with Crippen LogP contribution in [0.2, 0.25) is 0 Å². The van der Waals surface area contributed by atoms with Crippen LogP contribution in [-0.2, 0) is 10.0 Å². The molecule has 0 fully saturated rings. The number of nitrogens with two attached hydrogens (primary N) is 1. The average Bonchev–Trinajstić information content (AvgIpc) is 2.54. The maximum atomic E-state index is 11.5. The molecule has 2 rings (SSSR count). The zero-order valence-corrected chi connectivity index (χ0v) is 10.5. The van der Waals surface area contributed by atoms with Gasteiger partial charge in [-0.2, -0.15) is 5.26 Å². The van der Waals surface area contributed by atoms with E-state index in [9.17, 15) is 8.42 Å². The van der Waals surface area contributed by atoms with E-state index in [2.05, 4.69) is 0 Å². The Bertz CT molecular complexity index is 713. The highest BCUT2D eigenvalue weighted by molar-refractivity contribution is 7.89. The standard InChI is InChI=1S/C10H9N3O2S.ClH/c1-16(14,15)13-6-7(5-11)9-3-2-8(12)4-10(9)13;/h2-4,6H,12H2,1H3;1H. The summed E-state index contributed by atoms with van der Waals surface area (Å²) >= 11 is 0. The molecule has 0 saturated heterocycles. The molecule has 2 aromatic rings. The fourth-order valence-corrected chi connectivity index (χ4v) is 2.38. The quantitative estimate of drug-likeness (QED) is 0.792. The van der Waals surface area contributed by atoms with Crippen molar-refractivity contribution in [1.82, 2.24) is 3.97 Å². The molecular formula is C10H10ClN3O2S. The monoisotopic (exact) mass is 271 g/mol. The van der Waals surface area contributed by atoms with Gasteiger partial charge in [0.25, 0.3) is 0 Å². The fourth-order valence-electron chi connectivity index (χ4n) is 1.58. The van der Waals surface area contributed by atoms with Gasteiger partial charge in [-0.15, -0.1) is 12.4 Å². The zero-order chi connectivity index (χ0) is 11.9. The predicted octanol–water partition coefficient (Wildman–Crippen LogP) is 1.32. The van der Waals surface area contributed by atoms with Gasteiger partial charge >= 0.3 is 0 Å². The fraction of sp³-hybridized carbons (Fsp3) is 0.100. The van der Waals surface area contributed by atoms with Crippen LogP contribution in [0.15, 0.2) is 24.4 Å². The van der Waals surface area contributed by atoms with Crippen molar-refractivity contribution in [2.45, 2.75) is 0 Å². The SMILES string of the molecule is CS(=O)(=O)n1cc(C#N)c2ccc(N)cc21.Cl. The van der Waals surface area contributed by atoms with E-state index in [4.69, 9.17) is 11.0 Å². The number of nitriles is 1. The van der Waals surface area contributed by atoms with E-state index in [1.54, 1.807) is 12.1 Å². The second-order valence-corrected chi connectivity index (χ2v) is 5.35. The van der Waals surface area contributed by atoms with Crippen molar-refractivity contribution < 1.29 is 8.42 Å². The van der Waals surface area contributed by atoms with E-state index in [-0.39, 0.29) is 12.4 Å². The van der Waals surface area contributed by atoms with E-state index >= 15 is 0 Å². The first kappa shape index (κ1) is 13.4. The first-order valence-corrected chi connectivity index (χ1v) is 6.29. The predicted molar refractivity (Wildman–Crippen MR) is 68.6 cm³/mol. The third-order valence-corrected chi connectivity index (χ3v) is 3.29. The minimum atomic E-state index is -3.43. The Balaban J connectivity index is 0.00000144. The first-order valence-electron chi connectivity index (χ1n) is 4.44. The van der Waals surface area contributed by atoms with E-state index < -0.39 is 10.0 Å². The molecule has 0 bridgehead atoms. The van der Waals surface area contributed by atoms with E-state index in [0.717, 1.165) is 10.2 Å². The number of nitrogen functional groups attached to an aromatic ring is 1. The molecule has 0 aliphatic carbocycles. The second kappa shape index (κ2) is 4.28. The number of rotatable bonds is 1. The molecule has 1 aromatic carbocycles. The van der Waals surface area contributed by atoms with Crippen LogP contribution in [0.1, 0.15) is 5.56 Å². The number of anilines is 1. The molecular weight excluding hydrogens is 262 g/mol. The minimum Gasteiger partial charge on any atom is -0.399 e. The Labute approximate surface area is 105 Å². The number of aromatic nitrogens is 1. The number of benzene rings is 1. The lowest BCUT2D eigenvalue weighted by Gasteiger charge is -2.01. The summed E-state index contributed by atoms with van der Waals surface area (Å²) in [7, 11) is -3.43. The van der Waals surface area contributed by atoms with Gasteiger partial charge in [-0.3, -0.25) is 0 Å². The molecule has 0 amide bonds. The van der Waals surface area contributed by atoms with E-state index in [1.807, 2.05) is 6.07 Å². The van der Waals surface area contributed by atoms with Crippen LogP contribution in [0.25, 0.3) is 10.9 Å². The topological polar surface area (TPSA) is 88.9 Å². The van der Waals surface area contributed by atoms with Crippen LogP contribution in [0.5, 0.6) is 0 Å². The summed E-state index contributed by atoms with van der Waals surface area (Å²) in [5.41, 5.74) is 6.80. The van der Waals surface area contributed by atoms with E-state index in [0.29, 0.717) is 22.2 Å². The molecule has 0 aliphatic heterocycles. The van der Waals surface area contributed by atoms with Crippen molar-refractivity contribution in [3.63, 3.8) is 0 Å². The highest BCUT2D eigenvalue weighted by atomic mass is 35.5. The van der Waals surface area contributed by atoms with Gasteiger partial charge in [0.2, 0.25) is 10.0 Å². The maximum Gasteiger partial charge on any atom is 0.236 e. The summed E-state index contributed by atoms with van der Waals surface area (Å²) in [6.07, 6.45) is 2.39. The normalized spacial score (nSPS) is 10.8. The average molecular weight is 272 g/mol. The smallest absolute Gasteiger partial charge is 0.236 e. The van der Waals surface area contributed by atoms with Gasteiger partial charge < -0.3 is 5.73 Å². The lowest BCUT2D eigenvalue weighted by Crippen LogP contribution is -2.08.